The van der Waals surface area contributed by atoms with Crippen LogP contribution in [0.1, 0.15) is 5.56 Å². The van der Waals surface area contributed by atoms with Crippen molar-refractivity contribution >= 4 is 56.3 Å². The van der Waals surface area contributed by atoms with Gasteiger partial charge in [-0.05, 0) is 50.1 Å². The lowest BCUT2D eigenvalue weighted by Gasteiger charge is -2.35. The molecule has 0 bridgehead atoms. The maximum atomic E-state index is 10.9. The Morgan fingerprint density at radius 1 is 0.542 bits per heavy atom. The van der Waals surface area contributed by atoms with Crippen molar-refractivity contribution in [2.45, 2.75) is 0 Å². The van der Waals surface area contributed by atoms with E-state index in [0.29, 0.717) is 11.3 Å². The van der Waals surface area contributed by atoms with Gasteiger partial charge in [-0.3, -0.25) is 0 Å². The summed E-state index contributed by atoms with van der Waals surface area (Å²) in [6.45, 7) is 8.21. The standard InChI is InChI=1S/C44H29N3Si/c1-46-40-25-15-24-37(44(40)47-41-26-13-11-22-38(41)39-23-12-14-27-42(39)47)32-28-29-43(33(30-32)31-45)48(34-16-5-2-6-17-34,35-18-7-3-8-19-35)36-20-9-4-10-21-36/h2-30H. The van der Waals surface area contributed by atoms with Crippen LogP contribution >= 0.6 is 0 Å². The van der Waals surface area contributed by atoms with E-state index in [1.807, 2.05) is 48.5 Å². The van der Waals surface area contributed by atoms with E-state index in [1.54, 1.807) is 0 Å². The summed E-state index contributed by atoms with van der Waals surface area (Å²) < 4.78 is 2.21. The first-order chi connectivity index (χ1) is 23.8. The van der Waals surface area contributed by atoms with Crippen molar-refractivity contribution in [3.05, 3.63) is 193 Å². The largest absolute Gasteiger partial charge is 0.318 e. The zero-order valence-electron chi connectivity index (χ0n) is 26.1. The Labute approximate surface area is 281 Å². The molecule has 224 valence electrons. The Kier molecular flexibility index (Phi) is 7.27. The monoisotopic (exact) mass is 627 g/mol. The minimum atomic E-state index is -2.92. The minimum Gasteiger partial charge on any atom is -0.318 e. The van der Waals surface area contributed by atoms with Crippen molar-refractivity contribution in [1.82, 2.24) is 4.57 Å². The highest BCUT2D eigenvalue weighted by atomic mass is 28.3. The first-order valence-corrected chi connectivity index (χ1v) is 18.0. The third-order valence-electron chi connectivity index (χ3n) is 9.41. The van der Waals surface area contributed by atoms with Crippen LogP contribution in [0.15, 0.2) is 176 Å². The molecule has 0 fully saturated rings. The molecule has 48 heavy (non-hydrogen) atoms. The van der Waals surface area contributed by atoms with Gasteiger partial charge in [-0.15, -0.1) is 0 Å². The van der Waals surface area contributed by atoms with Crippen LogP contribution in [0.2, 0.25) is 0 Å². The topological polar surface area (TPSA) is 33.1 Å². The van der Waals surface area contributed by atoms with Gasteiger partial charge in [0.25, 0.3) is 0 Å². The molecule has 0 saturated heterocycles. The molecule has 8 aromatic rings. The van der Waals surface area contributed by atoms with Gasteiger partial charge < -0.3 is 4.57 Å². The minimum absolute atomic E-state index is 0.558. The molecule has 0 amide bonds. The number of hydrogen-bond acceptors (Lipinski definition) is 1. The van der Waals surface area contributed by atoms with E-state index in [9.17, 15) is 5.26 Å². The molecule has 1 heterocycles. The second-order valence-corrected chi connectivity index (χ2v) is 15.6. The zero-order chi connectivity index (χ0) is 32.5. The van der Waals surface area contributed by atoms with E-state index in [2.05, 4.69) is 143 Å². The van der Waals surface area contributed by atoms with E-state index >= 15 is 0 Å². The molecule has 0 spiro atoms. The van der Waals surface area contributed by atoms with Crippen molar-refractivity contribution < 1.29 is 0 Å². The number of benzene rings is 7. The fraction of sp³-hybridized carbons (Fsp3) is 0. The summed E-state index contributed by atoms with van der Waals surface area (Å²) >= 11 is 0. The first-order valence-electron chi connectivity index (χ1n) is 16.0. The number of aromatic nitrogens is 1. The van der Waals surface area contributed by atoms with Crippen molar-refractivity contribution in [3.63, 3.8) is 0 Å². The summed E-state index contributed by atoms with van der Waals surface area (Å²) in [4.78, 5) is 4.02. The Morgan fingerprint density at radius 3 is 1.54 bits per heavy atom. The van der Waals surface area contributed by atoms with E-state index in [4.69, 9.17) is 6.57 Å². The van der Waals surface area contributed by atoms with E-state index in [1.165, 1.54) is 15.6 Å². The molecule has 1 aromatic heterocycles. The van der Waals surface area contributed by atoms with Crippen LogP contribution in [-0.2, 0) is 0 Å². The fourth-order valence-electron chi connectivity index (χ4n) is 7.42. The van der Waals surface area contributed by atoms with Gasteiger partial charge in [-0.1, -0.05) is 158 Å². The van der Waals surface area contributed by atoms with Gasteiger partial charge in [0, 0.05) is 10.8 Å². The molecule has 0 unspecified atom stereocenters. The van der Waals surface area contributed by atoms with Crippen molar-refractivity contribution in [3.8, 4) is 22.9 Å². The lowest BCUT2D eigenvalue weighted by Crippen LogP contribution is -2.75. The van der Waals surface area contributed by atoms with Crippen LogP contribution in [0.5, 0.6) is 0 Å². The molecule has 0 N–H and O–H groups in total. The number of nitriles is 1. The highest BCUT2D eigenvalue weighted by Crippen LogP contribution is 2.40. The number of rotatable bonds is 6. The molecular weight excluding hydrogens is 599 g/mol. The third kappa shape index (κ3) is 4.48. The van der Waals surface area contributed by atoms with Gasteiger partial charge in [0.1, 0.15) is 0 Å². The molecule has 0 radical (unpaired) electrons. The van der Waals surface area contributed by atoms with Crippen LogP contribution in [0.25, 0.3) is 43.5 Å². The van der Waals surface area contributed by atoms with Crippen LogP contribution < -0.4 is 20.7 Å². The Bertz CT molecular complexity index is 2370. The first kappa shape index (κ1) is 29.0. The van der Waals surface area contributed by atoms with Gasteiger partial charge in [-0.2, -0.15) is 5.26 Å². The van der Waals surface area contributed by atoms with E-state index in [0.717, 1.165) is 43.8 Å². The van der Waals surface area contributed by atoms with E-state index < -0.39 is 8.07 Å². The second-order valence-electron chi connectivity index (χ2n) is 11.9. The second kappa shape index (κ2) is 12.0. The molecule has 8 rings (SSSR count). The number of nitrogens with zero attached hydrogens (tertiary/aromatic N) is 3. The molecular formula is C44H29N3Si. The molecule has 3 nitrogen and oxygen atoms in total. The predicted molar refractivity (Wildman–Crippen MR) is 201 cm³/mol. The summed E-state index contributed by atoms with van der Waals surface area (Å²) in [5, 5.41) is 17.9. The highest BCUT2D eigenvalue weighted by Gasteiger charge is 2.43. The van der Waals surface area contributed by atoms with Crippen LogP contribution in [0.3, 0.4) is 0 Å². The van der Waals surface area contributed by atoms with E-state index in [-0.39, 0.29) is 0 Å². The summed E-state index contributed by atoms with van der Waals surface area (Å²) in [7, 11) is -2.92. The summed E-state index contributed by atoms with van der Waals surface area (Å²) in [5.74, 6) is 0. The molecule has 0 aliphatic carbocycles. The third-order valence-corrected chi connectivity index (χ3v) is 14.3. The number of para-hydroxylation sites is 3. The van der Waals surface area contributed by atoms with Crippen molar-refractivity contribution in [1.29, 1.82) is 5.26 Å². The predicted octanol–water partition coefficient (Wildman–Crippen LogP) is 8.25. The van der Waals surface area contributed by atoms with Gasteiger partial charge in [0.15, 0.2) is 8.07 Å². The fourth-order valence-corrected chi connectivity index (χ4v) is 12.3. The maximum Gasteiger partial charge on any atom is 0.211 e. The average molecular weight is 628 g/mol. The summed E-state index contributed by atoms with van der Waals surface area (Å²) in [6, 6.07) is 63.5. The SMILES string of the molecule is [C-]#[N+]c1cccc(-c2ccc([Si](c3ccccc3)(c3ccccc3)c3ccccc3)c(C#N)c2)c1-n1c2ccccc2c2ccccc21. The lowest BCUT2D eigenvalue weighted by molar-refractivity contribution is 1.19. The number of fused-ring (bicyclic) bond motifs is 3. The quantitative estimate of drug-likeness (QED) is 0.104. The molecule has 0 saturated carbocycles. The zero-order valence-corrected chi connectivity index (χ0v) is 27.1. The number of hydrogen-bond donors (Lipinski definition) is 0. The average Bonchev–Trinajstić information content (AvgIpc) is 3.50. The van der Waals surface area contributed by atoms with Gasteiger partial charge in [0.05, 0.1) is 34.9 Å². The van der Waals surface area contributed by atoms with Gasteiger partial charge >= 0.3 is 0 Å². The highest BCUT2D eigenvalue weighted by molar-refractivity contribution is 7.20. The smallest absolute Gasteiger partial charge is 0.211 e. The molecule has 0 atom stereocenters. The summed E-state index contributed by atoms with van der Waals surface area (Å²) in [6.07, 6.45) is 0. The molecule has 0 aliphatic rings. The Hall–Kier alpha value is -6.46. The Morgan fingerprint density at radius 2 is 1.04 bits per heavy atom. The molecule has 4 heteroatoms. The van der Waals surface area contributed by atoms with Crippen LogP contribution in [-0.4, -0.2) is 12.6 Å². The van der Waals surface area contributed by atoms with Gasteiger partial charge in [0.2, 0.25) is 5.69 Å². The molecule has 0 aliphatic heterocycles. The van der Waals surface area contributed by atoms with Crippen LogP contribution in [0, 0.1) is 17.9 Å². The maximum absolute atomic E-state index is 10.9. The van der Waals surface area contributed by atoms with Crippen molar-refractivity contribution in [2.75, 3.05) is 0 Å². The lowest BCUT2D eigenvalue weighted by atomic mass is 10.00. The molecule has 7 aromatic carbocycles. The van der Waals surface area contributed by atoms with Gasteiger partial charge in [-0.25, -0.2) is 4.85 Å². The van der Waals surface area contributed by atoms with Crippen molar-refractivity contribution in [2.24, 2.45) is 0 Å². The normalized spacial score (nSPS) is 11.3. The Balaban J connectivity index is 1.43. The summed E-state index contributed by atoms with van der Waals surface area (Å²) in [5.41, 5.74) is 5.90. The van der Waals surface area contributed by atoms with Crippen LogP contribution in [0.4, 0.5) is 5.69 Å².